The molecule has 0 bridgehead atoms. The fourth-order valence-electron chi connectivity index (χ4n) is 2.78. The summed E-state index contributed by atoms with van der Waals surface area (Å²) in [5.74, 6) is -0.174. The van der Waals surface area contributed by atoms with Crippen molar-refractivity contribution in [3.8, 4) is 5.75 Å². The molecule has 0 saturated carbocycles. The molecule has 156 valence electrons. The number of aromatic hydroxyl groups is 1. The molecule has 0 amide bonds. The summed E-state index contributed by atoms with van der Waals surface area (Å²) < 4.78 is 0. The number of anilines is 1. The van der Waals surface area contributed by atoms with E-state index in [2.05, 4.69) is 5.32 Å². The Bertz CT molecular complexity index is 1080. The van der Waals surface area contributed by atoms with E-state index in [1.165, 1.54) is 36.9 Å². The van der Waals surface area contributed by atoms with Gasteiger partial charge in [-0.3, -0.25) is 10.1 Å². The van der Waals surface area contributed by atoms with E-state index in [9.17, 15) is 20.3 Å². The molecule has 0 saturated heterocycles. The van der Waals surface area contributed by atoms with Gasteiger partial charge in [-0.25, -0.2) is 0 Å². The van der Waals surface area contributed by atoms with Gasteiger partial charge >= 0.3 is 0 Å². The zero-order valence-corrected chi connectivity index (χ0v) is 18.1. The Kier molecular flexibility index (Phi) is 7.10. The number of halogens is 2. The number of aliphatic hydroxyl groups is 1. The number of phenols is 1. The van der Waals surface area contributed by atoms with Crippen LogP contribution in [0.4, 0.5) is 11.4 Å². The molecule has 1 atom stereocenters. The Hall–Kier alpha value is -2.45. The molecule has 6 nitrogen and oxygen atoms in total. The van der Waals surface area contributed by atoms with Crippen molar-refractivity contribution in [2.75, 3.05) is 5.32 Å². The molecule has 3 N–H and O–H groups in total. The molecule has 0 aliphatic rings. The maximum absolute atomic E-state index is 11.2. The normalized spacial score (nSPS) is 11.9. The van der Waals surface area contributed by atoms with Gasteiger partial charge in [-0.1, -0.05) is 35.0 Å². The minimum absolute atomic E-state index is 0.0133. The van der Waals surface area contributed by atoms with Crippen LogP contribution in [0.5, 0.6) is 5.75 Å². The van der Waals surface area contributed by atoms with Gasteiger partial charge in [0.1, 0.15) is 5.75 Å². The van der Waals surface area contributed by atoms with Crippen LogP contribution in [0.25, 0.3) is 0 Å². The van der Waals surface area contributed by atoms with Gasteiger partial charge in [0.05, 0.1) is 16.0 Å². The Morgan fingerprint density at radius 3 is 2.47 bits per heavy atom. The van der Waals surface area contributed by atoms with Gasteiger partial charge in [0.2, 0.25) is 0 Å². The van der Waals surface area contributed by atoms with Gasteiger partial charge in [-0.15, -0.1) is 0 Å². The third kappa shape index (κ3) is 5.37. The summed E-state index contributed by atoms with van der Waals surface area (Å²) in [7, 11) is 0. The summed E-state index contributed by atoms with van der Waals surface area (Å²) in [6, 6.07) is 15.1. The highest BCUT2D eigenvalue weighted by molar-refractivity contribution is 7.99. The van der Waals surface area contributed by atoms with Crippen LogP contribution in [-0.4, -0.2) is 15.1 Å². The number of nitro benzene ring substituents is 1. The molecule has 3 aromatic carbocycles. The molecular formula is C21H18Cl2N2O4S. The summed E-state index contributed by atoms with van der Waals surface area (Å²) in [4.78, 5) is 12.6. The zero-order chi connectivity index (χ0) is 21.8. The number of hydrogen-bond acceptors (Lipinski definition) is 6. The van der Waals surface area contributed by atoms with Crippen molar-refractivity contribution in [3.63, 3.8) is 0 Å². The first-order valence-electron chi connectivity index (χ1n) is 8.89. The lowest BCUT2D eigenvalue weighted by Crippen LogP contribution is -2.03. The van der Waals surface area contributed by atoms with Gasteiger partial charge in [0, 0.05) is 44.7 Å². The number of nitrogens with zero attached hydrogens (tertiary/aromatic N) is 1. The average Bonchev–Trinajstić information content (AvgIpc) is 2.70. The predicted octanol–water partition coefficient (Wildman–Crippen LogP) is 6.42. The monoisotopic (exact) mass is 464 g/mol. The van der Waals surface area contributed by atoms with Gasteiger partial charge in [-0.05, 0) is 55.0 Å². The maximum Gasteiger partial charge on any atom is 0.269 e. The van der Waals surface area contributed by atoms with Crippen molar-refractivity contribution in [1.82, 2.24) is 0 Å². The molecule has 9 heteroatoms. The van der Waals surface area contributed by atoms with Gasteiger partial charge < -0.3 is 15.5 Å². The van der Waals surface area contributed by atoms with E-state index in [1.54, 1.807) is 24.3 Å². The molecule has 3 aromatic rings. The van der Waals surface area contributed by atoms with Crippen LogP contribution in [-0.2, 0) is 6.54 Å². The number of hydrogen-bond donors (Lipinski definition) is 3. The van der Waals surface area contributed by atoms with E-state index >= 15 is 0 Å². The second-order valence-electron chi connectivity index (χ2n) is 6.53. The summed E-state index contributed by atoms with van der Waals surface area (Å²) in [5, 5.41) is 34.9. The molecule has 30 heavy (non-hydrogen) atoms. The molecule has 0 aliphatic carbocycles. The van der Waals surface area contributed by atoms with Gasteiger partial charge in [-0.2, -0.15) is 0 Å². The first kappa shape index (κ1) is 22.2. The number of aliphatic hydroxyl groups excluding tert-OH is 1. The number of nitro groups is 1. The second kappa shape index (κ2) is 9.57. The largest absolute Gasteiger partial charge is 0.506 e. The molecular weight excluding hydrogens is 447 g/mol. The fraction of sp³-hybridized carbons (Fsp3) is 0.143. The molecule has 0 spiro atoms. The molecule has 0 radical (unpaired) electrons. The lowest BCUT2D eigenvalue weighted by atomic mass is 10.1. The highest BCUT2D eigenvalue weighted by atomic mass is 35.5. The third-order valence-corrected chi connectivity index (χ3v) is 5.99. The molecule has 0 heterocycles. The zero-order valence-electron chi connectivity index (χ0n) is 15.8. The van der Waals surface area contributed by atoms with Crippen molar-refractivity contribution < 1.29 is 15.1 Å². The second-order valence-corrected chi connectivity index (χ2v) is 8.49. The van der Waals surface area contributed by atoms with Crippen molar-refractivity contribution in [3.05, 3.63) is 85.9 Å². The predicted molar refractivity (Wildman–Crippen MR) is 120 cm³/mol. The molecule has 3 rings (SSSR count). The van der Waals surface area contributed by atoms with E-state index in [0.29, 0.717) is 21.8 Å². The smallest absolute Gasteiger partial charge is 0.269 e. The first-order valence-corrected chi connectivity index (χ1v) is 10.5. The summed E-state index contributed by atoms with van der Waals surface area (Å²) in [6.07, 6.45) is -0.905. The average molecular weight is 465 g/mol. The van der Waals surface area contributed by atoms with Crippen LogP contribution in [0, 0.1) is 10.1 Å². The van der Waals surface area contributed by atoms with Crippen molar-refractivity contribution in [2.24, 2.45) is 0 Å². The Morgan fingerprint density at radius 1 is 1.13 bits per heavy atom. The number of nitrogens with one attached hydrogen (secondary N) is 1. The minimum atomic E-state index is -0.905. The van der Waals surface area contributed by atoms with Crippen LogP contribution < -0.4 is 5.32 Å². The van der Waals surface area contributed by atoms with Crippen molar-refractivity contribution in [1.29, 1.82) is 0 Å². The highest BCUT2D eigenvalue weighted by Crippen LogP contribution is 2.36. The van der Waals surface area contributed by atoms with Gasteiger partial charge in [0.15, 0.2) is 0 Å². The lowest BCUT2D eigenvalue weighted by Gasteiger charge is -2.15. The molecule has 0 fully saturated rings. The van der Waals surface area contributed by atoms with Crippen molar-refractivity contribution >= 4 is 46.3 Å². The van der Waals surface area contributed by atoms with E-state index in [4.69, 9.17) is 23.2 Å². The number of benzene rings is 3. The van der Waals surface area contributed by atoms with Gasteiger partial charge in [0.25, 0.3) is 5.69 Å². The van der Waals surface area contributed by atoms with Crippen LogP contribution >= 0.6 is 35.0 Å². The van der Waals surface area contributed by atoms with E-state index < -0.39 is 11.0 Å². The van der Waals surface area contributed by atoms with Crippen LogP contribution in [0.15, 0.2) is 64.4 Å². The molecule has 0 aromatic heterocycles. The highest BCUT2D eigenvalue weighted by Gasteiger charge is 2.15. The number of rotatable bonds is 7. The maximum atomic E-state index is 11.2. The molecule has 1 unspecified atom stereocenters. The summed E-state index contributed by atoms with van der Waals surface area (Å²) in [5.41, 5.74) is 1.56. The van der Waals surface area contributed by atoms with E-state index in [1.807, 2.05) is 12.1 Å². The lowest BCUT2D eigenvalue weighted by molar-refractivity contribution is -0.385. The van der Waals surface area contributed by atoms with Crippen LogP contribution in [0.2, 0.25) is 10.0 Å². The van der Waals surface area contributed by atoms with Crippen LogP contribution in [0.3, 0.4) is 0 Å². The van der Waals surface area contributed by atoms with E-state index in [-0.39, 0.29) is 23.0 Å². The van der Waals surface area contributed by atoms with E-state index in [0.717, 1.165) is 9.79 Å². The Labute approximate surface area is 187 Å². The summed E-state index contributed by atoms with van der Waals surface area (Å²) in [6.45, 7) is 1.80. The first-order chi connectivity index (χ1) is 14.2. The number of phenolic OH excluding ortho intramolecular Hbond substituents is 1. The Balaban J connectivity index is 1.89. The summed E-state index contributed by atoms with van der Waals surface area (Å²) >= 11 is 13.5. The third-order valence-electron chi connectivity index (χ3n) is 4.32. The van der Waals surface area contributed by atoms with Crippen LogP contribution in [0.1, 0.15) is 24.2 Å². The fourth-order valence-corrected chi connectivity index (χ4v) is 4.06. The SMILES string of the molecule is CC(O)c1cc(NCc2cc([N+](=O)[O-])ccc2Sc2ccc(Cl)cc2)cc(Cl)c1O. The topological polar surface area (TPSA) is 95.6 Å². The Morgan fingerprint density at radius 2 is 1.83 bits per heavy atom. The quantitative estimate of drug-likeness (QED) is 0.212. The van der Waals surface area contributed by atoms with Crippen molar-refractivity contribution in [2.45, 2.75) is 29.4 Å². The molecule has 0 aliphatic heterocycles. The number of non-ortho nitro benzene ring substituents is 1. The standard InChI is InChI=1S/C21H18Cl2N2O4S/c1-12(26)18-9-15(10-19(23)21(18)27)24-11-13-8-16(25(28)29)4-7-20(13)30-17-5-2-14(22)3-6-17/h2-10,12,24,26-27H,11H2,1H3. The minimum Gasteiger partial charge on any atom is -0.506 e.